The van der Waals surface area contributed by atoms with Gasteiger partial charge in [0.05, 0.1) is 12.1 Å². The normalized spacial score (nSPS) is 22.0. The van der Waals surface area contributed by atoms with Gasteiger partial charge in [-0.15, -0.1) is 0 Å². The largest absolute Gasteiger partial charge is 0.511 e. The zero-order chi connectivity index (χ0) is 29.2. The molecule has 0 unspecified atom stereocenters. The number of aliphatic hydroxyl groups is 1. The Balaban J connectivity index is 0.000000338. The van der Waals surface area contributed by atoms with Crippen LogP contribution in [-0.4, -0.2) is 64.0 Å². The molecule has 9 heteroatoms. The van der Waals surface area contributed by atoms with Crippen molar-refractivity contribution in [3.05, 3.63) is 11.3 Å². The molecule has 3 aliphatic carbocycles. The number of hydrogen-bond acceptors (Lipinski definition) is 7. The van der Waals surface area contributed by atoms with E-state index >= 15 is 0 Å². The molecule has 3 aliphatic rings. The number of Topliss-reactive ketones (excluding diaryl/α,β-unsaturated/α-hetero) is 1. The van der Waals surface area contributed by atoms with Gasteiger partial charge >= 0.3 is 12.1 Å². The summed E-state index contributed by atoms with van der Waals surface area (Å²) < 4.78 is 5.03. The van der Waals surface area contributed by atoms with Crippen molar-refractivity contribution in [2.45, 2.75) is 142 Å². The van der Waals surface area contributed by atoms with Crippen LogP contribution >= 0.6 is 0 Å². The Morgan fingerprint density at radius 1 is 1.00 bits per heavy atom. The van der Waals surface area contributed by atoms with Crippen molar-refractivity contribution < 1.29 is 29.3 Å². The average molecular weight is 550 g/mol. The first-order valence-electron chi connectivity index (χ1n) is 14.6. The molecule has 39 heavy (non-hydrogen) atoms. The smallest absolute Gasteiger partial charge is 0.408 e. The third kappa shape index (κ3) is 12.1. The molecule has 1 atom stereocenters. The number of ether oxygens (including phenoxy) is 1. The van der Waals surface area contributed by atoms with E-state index in [0.29, 0.717) is 6.42 Å². The second kappa shape index (κ2) is 14.8. The highest BCUT2D eigenvalue weighted by Gasteiger charge is 2.34. The van der Waals surface area contributed by atoms with E-state index in [9.17, 15) is 24.6 Å². The number of nitrogens with one attached hydrogen (secondary N) is 2. The van der Waals surface area contributed by atoms with Gasteiger partial charge in [0.2, 0.25) is 0 Å². The summed E-state index contributed by atoms with van der Waals surface area (Å²) in [6.45, 7) is 10.0. The first-order valence-corrected chi connectivity index (χ1v) is 14.6. The number of amides is 1. The molecule has 0 heterocycles. The number of carbonyl (C=O) groups is 3. The van der Waals surface area contributed by atoms with Crippen LogP contribution in [-0.2, 0) is 14.3 Å². The lowest BCUT2D eigenvalue weighted by Crippen LogP contribution is -2.45. The molecule has 0 aromatic rings. The number of carboxylic acids is 1. The lowest BCUT2D eigenvalue weighted by Gasteiger charge is -2.30. The summed E-state index contributed by atoms with van der Waals surface area (Å²) in [5.74, 6) is -1.55. The maximum absolute atomic E-state index is 12.3. The molecule has 3 rings (SSSR count). The number of carbonyl (C=O) groups excluding carboxylic acids is 2. The minimum Gasteiger partial charge on any atom is -0.511 e. The standard InChI is InChI=1S/C18H28N2O6.C12H23N/c1-10(14-12(21)7-18(5,6)8-13(14)22)19-9-11(15(23)24)20-16(25)26-17(2,3)4;1-3-7-11(8-4-1)13-12-9-5-2-6-10-12/h11,21H,7-9H2,1-6H3,(H,20,25)(H,23,24);11-13H,1-10H2/t11-;/m0./s1. The molecule has 9 nitrogen and oxygen atoms in total. The number of hydrogen-bond donors (Lipinski definition) is 4. The number of rotatable bonds is 7. The van der Waals surface area contributed by atoms with Crippen molar-refractivity contribution in [2.24, 2.45) is 10.4 Å². The summed E-state index contributed by atoms with van der Waals surface area (Å²) in [6.07, 6.45) is 14.3. The molecule has 0 saturated heterocycles. The molecule has 0 bridgehead atoms. The van der Waals surface area contributed by atoms with Gasteiger partial charge in [0, 0.05) is 30.6 Å². The van der Waals surface area contributed by atoms with Crippen LogP contribution in [0.2, 0.25) is 0 Å². The topological polar surface area (TPSA) is 137 Å². The van der Waals surface area contributed by atoms with E-state index in [4.69, 9.17) is 4.74 Å². The van der Waals surface area contributed by atoms with E-state index in [0.717, 1.165) is 12.1 Å². The van der Waals surface area contributed by atoms with E-state index in [1.165, 1.54) is 71.1 Å². The monoisotopic (exact) mass is 549 g/mol. The first kappa shape index (κ1) is 32.8. The van der Waals surface area contributed by atoms with E-state index < -0.39 is 23.7 Å². The molecule has 2 fully saturated rings. The van der Waals surface area contributed by atoms with Gasteiger partial charge in [-0.3, -0.25) is 9.79 Å². The minimum atomic E-state index is -1.31. The summed E-state index contributed by atoms with van der Waals surface area (Å²) in [5, 5.41) is 25.5. The van der Waals surface area contributed by atoms with Crippen molar-refractivity contribution in [3.8, 4) is 0 Å². The highest BCUT2D eigenvalue weighted by molar-refractivity contribution is 6.22. The molecule has 0 spiro atoms. The van der Waals surface area contributed by atoms with E-state index in [-0.39, 0.29) is 41.2 Å². The minimum absolute atomic E-state index is 0.0422. The van der Waals surface area contributed by atoms with Crippen LogP contribution in [0.1, 0.15) is 119 Å². The molecule has 1 amide bonds. The third-order valence-electron chi connectivity index (χ3n) is 7.40. The van der Waals surface area contributed by atoms with Gasteiger partial charge in [-0.05, 0) is 58.8 Å². The molecular weight excluding hydrogens is 498 g/mol. The van der Waals surface area contributed by atoms with Gasteiger partial charge in [0.1, 0.15) is 17.4 Å². The van der Waals surface area contributed by atoms with Gasteiger partial charge in [-0.1, -0.05) is 52.4 Å². The number of alkyl carbamates (subject to hydrolysis) is 1. The van der Waals surface area contributed by atoms with Crippen LogP contribution < -0.4 is 10.6 Å². The van der Waals surface area contributed by atoms with Gasteiger partial charge in [-0.25, -0.2) is 9.59 Å². The first-order chi connectivity index (χ1) is 18.2. The van der Waals surface area contributed by atoms with Crippen LogP contribution in [0.15, 0.2) is 16.3 Å². The molecule has 4 N–H and O–H groups in total. The average Bonchev–Trinajstić information content (AvgIpc) is 2.81. The van der Waals surface area contributed by atoms with Crippen molar-refractivity contribution in [1.29, 1.82) is 0 Å². The Morgan fingerprint density at radius 2 is 1.51 bits per heavy atom. The molecule has 0 radical (unpaired) electrons. The van der Waals surface area contributed by atoms with Crippen LogP contribution in [0.5, 0.6) is 0 Å². The Kier molecular flexibility index (Phi) is 12.5. The molecule has 0 aliphatic heterocycles. The lowest BCUT2D eigenvalue weighted by atomic mass is 9.76. The summed E-state index contributed by atoms with van der Waals surface area (Å²) in [5.41, 5.74) is -0.706. The van der Waals surface area contributed by atoms with Crippen molar-refractivity contribution >= 4 is 23.6 Å². The van der Waals surface area contributed by atoms with E-state index in [1.54, 1.807) is 20.8 Å². The highest BCUT2D eigenvalue weighted by atomic mass is 16.6. The predicted octanol–water partition coefficient (Wildman–Crippen LogP) is 5.87. The number of allylic oxidation sites excluding steroid dienone is 2. The summed E-state index contributed by atoms with van der Waals surface area (Å²) in [7, 11) is 0. The van der Waals surface area contributed by atoms with Gasteiger partial charge < -0.3 is 25.6 Å². The van der Waals surface area contributed by atoms with Gasteiger partial charge in [0.25, 0.3) is 0 Å². The Bertz CT molecular complexity index is 890. The van der Waals surface area contributed by atoms with Crippen molar-refractivity contribution in [2.75, 3.05) is 6.54 Å². The number of aliphatic imine (C=N–C) groups is 1. The predicted molar refractivity (Wildman–Crippen MR) is 153 cm³/mol. The Labute approximate surface area is 234 Å². The number of aliphatic hydroxyl groups excluding tert-OH is 1. The van der Waals surface area contributed by atoms with E-state index in [2.05, 4.69) is 15.6 Å². The molecular formula is C30H51N3O6. The van der Waals surface area contributed by atoms with Crippen LogP contribution in [0.4, 0.5) is 4.79 Å². The number of nitrogens with zero attached hydrogens (tertiary/aromatic N) is 1. The SMILES string of the molecule is C1CCC(NC2CCCCC2)CC1.CC(=NC[C@H](NC(=O)OC(C)(C)C)C(=O)O)C1=C(O)CC(C)(C)CC1=O. The Morgan fingerprint density at radius 3 is 1.95 bits per heavy atom. The fraction of sp³-hybridized carbons (Fsp3) is 0.800. The fourth-order valence-electron chi connectivity index (χ4n) is 5.51. The van der Waals surface area contributed by atoms with Crippen molar-refractivity contribution in [1.82, 2.24) is 10.6 Å². The molecule has 0 aromatic heterocycles. The van der Waals surface area contributed by atoms with Gasteiger partial charge in [0.15, 0.2) is 5.78 Å². The fourth-order valence-corrected chi connectivity index (χ4v) is 5.51. The third-order valence-corrected chi connectivity index (χ3v) is 7.40. The second-order valence-electron chi connectivity index (χ2n) is 13.1. The lowest BCUT2D eigenvalue weighted by molar-refractivity contribution is -0.139. The van der Waals surface area contributed by atoms with Crippen LogP contribution in [0.3, 0.4) is 0 Å². The zero-order valence-corrected chi connectivity index (χ0v) is 24.9. The van der Waals surface area contributed by atoms with Crippen molar-refractivity contribution in [3.63, 3.8) is 0 Å². The molecule has 222 valence electrons. The molecule has 0 aromatic carbocycles. The maximum atomic E-state index is 12.3. The highest BCUT2D eigenvalue weighted by Crippen LogP contribution is 2.36. The van der Waals surface area contributed by atoms with Gasteiger partial charge in [-0.2, -0.15) is 0 Å². The van der Waals surface area contributed by atoms with Crippen LogP contribution in [0.25, 0.3) is 0 Å². The quantitative estimate of drug-likeness (QED) is 0.292. The number of carboxylic acid groups (broad SMARTS) is 1. The maximum Gasteiger partial charge on any atom is 0.408 e. The molecule has 2 saturated carbocycles. The number of aliphatic carboxylic acids is 1. The second-order valence-corrected chi connectivity index (χ2v) is 13.1. The summed E-state index contributed by atoms with van der Waals surface area (Å²) in [6, 6.07) is 0.436. The zero-order valence-electron chi connectivity index (χ0n) is 24.9. The number of ketones is 1. The van der Waals surface area contributed by atoms with E-state index in [1.807, 2.05) is 13.8 Å². The summed E-state index contributed by atoms with van der Waals surface area (Å²) in [4.78, 5) is 39.4. The van der Waals surface area contributed by atoms with Crippen LogP contribution in [0, 0.1) is 5.41 Å². The Hall–Kier alpha value is -2.42. The summed E-state index contributed by atoms with van der Waals surface area (Å²) >= 11 is 0.